The number of benzene rings is 2. The van der Waals surface area contributed by atoms with E-state index in [1.807, 2.05) is 32.0 Å². The summed E-state index contributed by atoms with van der Waals surface area (Å²) in [5, 5.41) is 3.44. The first-order valence-electron chi connectivity index (χ1n) is 7.25. The summed E-state index contributed by atoms with van der Waals surface area (Å²) in [6.07, 6.45) is 0. The summed E-state index contributed by atoms with van der Waals surface area (Å²) < 4.78 is 10.6. The predicted molar refractivity (Wildman–Crippen MR) is 91.6 cm³/mol. The smallest absolute Gasteiger partial charge is 0.255 e. The number of rotatable bonds is 5. The zero-order valence-corrected chi connectivity index (χ0v) is 14.4. The average Bonchev–Trinajstić information content (AvgIpc) is 2.54. The van der Waals surface area contributed by atoms with E-state index in [2.05, 4.69) is 5.32 Å². The van der Waals surface area contributed by atoms with Gasteiger partial charge in [0.25, 0.3) is 5.91 Å². The molecular weight excluding hydrogens is 314 g/mol. The summed E-state index contributed by atoms with van der Waals surface area (Å²) in [4.78, 5) is 12.6. The van der Waals surface area contributed by atoms with Crippen molar-refractivity contribution in [3.8, 4) is 11.5 Å². The van der Waals surface area contributed by atoms with Gasteiger partial charge >= 0.3 is 0 Å². The highest BCUT2D eigenvalue weighted by Crippen LogP contribution is 2.28. The maximum absolute atomic E-state index is 12.6. The summed E-state index contributed by atoms with van der Waals surface area (Å²) in [5.41, 5.74) is 2.42. The largest absolute Gasteiger partial charge is 0.496 e. The van der Waals surface area contributed by atoms with E-state index in [0.717, 1.165) is 16.9 Å². The highest BCUT2D eigenvalue weighted by Gasteiger charge is 2.18. The molecule has 2 aromatic carbocycles. The molecule has 122 valence electrons. The van der Waals surface area contributed by atoms with Crippen LogP contribution in [0.5, 0.6) is 11.5 Å². The second-order valence-corrected chi connectivity index (χ2v) is 5.72. The van der Waals surface area contributed by atoms with Crippen molar-refractivity contribution in [1.29, 1.82) is 0 Å². The molecule has 2 aromatic rings. The molecule has 0 radical (unpaired) electrons. The monoisotopic (exact) mass is 333 g/mol. The molecule has 0 saturated heterocycles. The summed E-state index contributed by atoms with van der Waals surface area (Å²) in [6, 6.07) is 10.6. The van der Waals surface area contributed by atoms with E-state index in [1.165, 1.54) is 7.11 Å². The molecule has 23 heavy (non-hydrogen) atoms. The molecule has 1 N–H and O–H groups in total. The molecule has 0 bridgehead atoms. The fourth-order valence-corrected chi connectivity index (χ4v) is 2.57. The van der Waals surface area contributed by atoms with Gasteiger partial charge in [-0.25, -0.2) is 0 Å². The van der Waals surface area contributed by atoms with Crippen molar-refractivity contribution in [2.75, 3.05) is 14.2 Å². The first kappa shape index (κ1) is 17.2. The number of carbonyl (C=O) groups excluding carboxylic acids is 1. The number of hydrogen-bond donors (Lipinski definition) is 1. The quantitative estimate of drug-likeness (QED) is 0.893. The lowest BCUT2D eigenvalue weighted by Crippen LogP contribution is -2.27. The number of carbonyl (C=O) groups is 1. The molecule has 0 saturated carbocycles. The van der Waals surface area contributed by atoms with Crippen LogP contribution in [0.15, 0.2) is 36.4 Å². The van der Waals surface area contributed by atoms with Gasteiger partial charge in [0, 0.05) is 10.6 Å². The van der Waals surface area contributed by atoms with Crippen LogP contribution in [0.1, 0.15) is 34.5 Å². The molecule has 2 rings (SSSR count). The van der Waals surface area contributed by atoms with Crippen molar-refractivity contribution in [3.63, 3.8) is 0 Å². The van der Waals surface area contributed by atoms with E-state index >= 15 is 0 Å². The third-order valence-corrected chi connectivity index (χ3v) is 3.84. The minimum Gasteiger partial charge on any atom is -0.496 e. The van der Waals surface area contributed by atoms with Gasteiger partial charge in [0.1, 0.15) is 11.5 Å². The second kappa shape index (κ2) is 7.38. The predicted octanol–water partition coefficient (Wildman–Crippen LogP) is 4.16. The van der Waals surface area contributed by atoms with Crippen LogP contribution >= 0.6 is 11.6 Å². The van der Waals surface area contributed by atoms with Gasteiger partial charge in [-0.15, -0.1) is 0 Å². The Morgan fingerprint density at radius 2 is 1.74 bits per heavy atom. The van der Waals surface area contributed by atoms with Crippen LogP contribution in [0, 0.1) is 6.92 Å². The van der Waals surface area contributed by atoms with Crippen molar-refractivity contribution >= 4 is 17.5 Å². The summed E-state index contributed by atoms with van der Waals surface area (Å²) in [5.74, 6) is 0.970. The number of hydrogen-bond acceptors (Lipinski definition) is 3. The van der Waals surface area contributed by atoms with E-state index in [0.29, 0.717) is 16.3 Å². The Balaban J connectivity index is 2.27. The Hall–Kier alpha value is -2.20. The van der Waals surface area contributed by atoms with E-state index in [-0.39, 0.29) is 11.9 Å². The lowest BCUT2D eigenvalue weighted by molar-refractivity contribution is 0.0936. The normalized spacial score (nSPS) is 11.7. The lowest BCUT2D eigenvalue weighted by atomic mass is 10.0. The van der Waals surface area contributed by atoms with Gasteiger partial charge in [0.2, 0.25) is 0 Å². The van der Waals surface area contributed by atoms with Crippen LogP contribution in [0.2, 0.25) is 5.02 Å². The molecule has 1 amide bonds. The molecule has 0 heterocycles. The van der Waals surface area contributed by atoms with E-state index in [9.17, 15) is 4.79 Å². The van der Waals surface area contributed by atoms with Crippen LogP contribution < -0.4 is 14.8 Å². The van der Waals surface area contributed by atoms with Crippen LogP contribution in [-0.4, -0.2) is 20.1 Å². The molecule has 1 atom stereocenters. The highest BCUT2D eigenvalue weighted by atomic mass is 35.5. The minimum absolute atomic E-state index is 0.221. The number of methoxy groups -OCH3 is 2. The van der Waals surface area contributed by atoms with E-state index in [1.54, 1.807) is 25.3 Å². The lowest BCUT2D eigenvalue weighted by Gasteiger charge is -2.19. The molecule has 0 aliphatic carbocycles. The Labute approximate surface area is 141 Å². The molecule has 5 heteroatoms. The Morgan fingerprint density at radius 3 is 2.39 bits per heavy atom. The van der Waals surface area contributed by atoms with E-state index < -0.39 is 0 Å². The summed E-state index contributed by atoms with van der Waals surface area (Å²) in [7, 11) is 3.13. The highest BCUT2D eigenvalue weighted by molar-refractivity contribution is 6.31. The minimum atomic E-state index is -0.250. The van der Waals surface area contributed by atoms with Crippen molar-refractivity contribution in [2.24, 2.45) is 0 Å². The molecule has 0 fully saturated rings. The van der Waals surface area contributed by atoms with Crippen LogP contribution in [0.25, 0.3) is 0 Å². The first-order chi connectivity index (χ1) is 11.0. The van der Waals surface area contributed by atoms with Crippen molar-refractivity contribution < 1.29 is 14.3 Å². The third-order valence-electron chi connectivity index (χ3n) is 3.61. The zero-order chi connectivity index (χ0) is 17.0. The van der Waals surface area contributed by atoms with Gasteiger partial charge in [-0.05, 0) is 38.1 Å². The molecule has 0 aromatic heterocycles. The molecular formula is C18H20ClNO3. The number of ether oxygens (including phenoxy) is 2. The van der Waals surface area contributed by atoms with Crippen LogP contribution in [-0.2, 0) is 0 Å². The number of halogens is 1. The van der Waals surface area contributed by atoms with Crippen LogP contribution in [0.4, 0.5) is 0 Å². The fourth-order valence-electron chi connectivity index (χ4n) is 2.40. The SMILES string of the molecule is COc1ccc(Cl)cc1C(=O)NC(C)c1cc(C)ccc1OC. The molecule has 0 aliphatic heterocycles. The van der Waals surface area contributed by atoms with Gasteiger partial charge in [0.05, 0.1) is 25.8 Å². The number of aryl methyl sites for hydroxylation is 1. The van der Waals surface area contributed by atoms with Crippen molar-refractivity contribution in [3.05, 3.63) is 58.1 Å². The van der Waals surface area contributed by atoms with Gasteiger partial charge < -0.3 is 14.8 Å². The Bertz CT molecular complexity index is 715. The van der Waals surface area contributed by atoms with E-state index in [4.69, 9.17) is 21.1 Å². The molecule has 1 unspecified atom stereocenters. The van der Waals surface area contributed by atoms with Gasteiger partial charge in [-0.1, -0.05) is 29.3 Å². The first-order valence-corrected chi connectivity index (χ1v) is 7.63. The Kier molecular flexibility index (Phi) is 5.50. The maximum Gasteiger partial charge on any atom is 0.255 e. The average molecular weight is 334 g/mol. The number of nitrogens with one attached hydrogen (secondary N) is 1. The van der Waals surface area contributed by atoms with Crippen molar-refractivity contribution in [2.45, 2.75) is 19.9 Å². The zero-order valence-electron chi connectivity index (χ0n) is 13.6. The molecule has 0 aliphatic rings. The van der Waals surface area contributed by atoms with Gasteiger partial charge in [-0.2, -0.15) is 0 Å². The summed E-state index contributed by atoms with van der Waals surface area (Å²) >= 11 is 5.98. The standard InChI is InChI=1S/C18H20ClNO3/c1-11-5-7-16(22-3)14(9-11)12(2)20-18(21)15-10-13(19)6-8-17(15)23-4/h5-10,12H,1-4H3,(H,20,21). The van der Waals surface area contributed by atoms with Gasteiger partial charge in [0.15, 0.2) is 0 Å². The molecule has 4 nitrogen and oxygen atoms in total. The number of amides is 1. The topological polar surface area (TPSA) is 47.6 Å². The molecule has 0 spiro atoms. The summed E-state index contributed by atoms with van der Waals surface area (Å²) in [6.45, 7) is 3.91. The van der Waals surface area contributed by atoms with Gasteiger partial charge in [-0.3, -0.25) is 4.79 Å². The van der Waals surface area contributed by atoms with Crippen molar-refractivity contribution in [1.82, 2.24) is 5.32 Å². The Morgan fingerprint density at radius 1 is 1.09 bits per heavy atom. The third kappa shape index (κ3) is 3.96. The van der Waals surface area contributed by atoms with Crippen LogP contribution in [0.3, 0.4) is 0 Å². The second-order valence-electron chi connectivity index (χ2n) is 5.29. The maximum atomic E-state index is 12.6. The fraction of sp³-hybridized carbons (Fsp3) is 0.278.